The van der Waals surface area contributed by atoms with E-state index in [1.165, 1.54) is 51.4 Å². The first-order valence-electron chi connectivity index (χ1n) is 33.5. The zero-order valence-corrected chi connectivity index (χ0v) is 56.0. The Hall–Kier alpha value is -3.53. The molecule has 0 radical (unpaired) electrons. The van der Waals surface area contributed by atoms with Gasteiger partial charge in [-0.3, -0.25) is 32.5 Å². The van der Waals surface area contributed by atoms with Crippen LogP contribution in [0.25, 0.3) is 0 Å². The summed E-state index contributed by atoms with van der Waals surface area (Å²) < 4.78 is 60.8. The third-order valence-electron chi connectivity index (χ3n) is 13.8. The fourth-order valence-corrected chi connectivity index (χ4v) is 10.3. The van der Waals surface area contributed by atoms with Crippen molar-refractivity contribution in [3.8, 4) is 0 Å². The van der Waals surface area contributed by atoms with E-state index in [-0.39, 0.29) is 19.3 Å². The zero-order valence-electron chi connectivity index (χ0n) is 54.2. The van der Waals surface area contributed by atoms with Crippen molar-refractivity contribution in [2.75, 3.05) is 39.6 Å². The quantitative estimate of drug-likeness (QED) is 0.0146. The number of carbonyl (C=O) groups is 3. The van der Waals surface area contributed by atoms with Crippen molar-refractivity contribution in [3.05, 3.63) is 97.2 Å². The first-order valence-corrected chi connectivity index (χ1v) is 36.5. The molecule has 0 aliphatic carbocycles. The molecular formula is C69H120O16P2. The van der Waals surface area contributed by atoms with E-state index in [0.717, 1.165) is 154 Å². The van der Waals surface area contributed by atoms with Gasteiger partial charge in [-0.1, -0.05) is 246 Å². The lowest BCUT2D eigenvalue weighted by Crippen LogP contribution is -2.30. The average molecular weight is 1270 g/mol. The highest BCUT2D eigenvalue weighted by atomic mass is 31.2. The summed E-state index contributed by atoms with van der Waals surface area (Å²) >= 11 is 0. The van der Waals surface area contributed by atoms with Gasteiger partial charge < -0.3 is 34.2 Å². The van der Waals surface area contributed by atoms with Gasteiger partial charge in [0.05, 0.1) is 26.4 Å². The first-order chi connectivity index (χ1) is 42.2. The Kier molecular flexibility index (Phi) is 60.1. The molecule has 4 N–H and O–H groups in total. The minimum atomic E-state index is -4.92. The number of esters is 3. The number of hydrogen-bond acceptors (Lipinski definition) is 14. The van der Waals surface area contributed by atoms with Gasteiger partial charge in [-0.15, -0.1) is 0 Å². The van der Waals surface area contributed by atoms with Crippen LogP contribution in [0.1, 0.15) is 265 Å². The maximum absolute atomic E-state index is 12.9. The van der Waals surface area contributed by atoms with E-state index >= 15 is 0 Å². The molecule has 0 saturated carbocycles. The molecule has 0 rings (SSSR count). The summed E-state index contributed by atoms with van der Waals surface area (Å²) in [5.41, 5.74) is 0. The zero-order chi connectivity index (χ0) is 63.8. The fourth-order valence-electron chi connectivity index (χ4n) is 8.73. The fraction of sp³-hybridized carbons (Fsp3) is 0.725. The average Bonchev–Trinajstić information content (AvgIpc) is 3.69. The van der Waals surface area contributed by atoms with Crippen LogP contribution in [0.15, 0.2) is 97.2 Å². The van der Waals surface area contributed by atoms with E-state index in [1.54, 1.807) is 0 Å². The smallest absolute Gasteiger partial charge is 0.463 e. The van der Waals surface area contributed by atoms with Gasteiger partial charge >= 0.3 is 33.6 Å². The van der Waals surface area contributed by atoms with Gasteiger partial charge in [-0.25, -0.2) is 9.13 Å². The summed E-state index contributed by atoms with van der Waals surface area (Å²) in [5, 5.41) is 20.5. The third-order valence-corrected chi connectivity index (χ3v) is 15.7. The van der Waals surface area contributed by atoms with Crippen LogP contribution >= 0.6 is 15.6 Å². The number of unbranched alkanes of at least 4 members (excludes halogenated alkanes) is 24. The lowest BCUT2D eigenvalue weighted by atomic mass is 10.0. The Morgan fingerprint density at radius 2 is 0.609 bits per heavy atom. The van der Waals surface area contributed by atoms with Crippen LogP contribution < -0.4 is 0 Å². The van der Waals surface area contributed by atoms with E-state index in [0.29, 0.717) is 19.3 Å². The monoisotopic (exact) mass is 1270 g/mol. The lowest BCUT2D eigenvalue weighted by molar-refractivity contribution is -0.161. The minimum absolute atomic E-state index is 0.104. The summed E-state index contributed by atoms with van der Waals surface area (Å²) in [6, 6.07) is 0. The molecule has 0 spiro atoms. The van der Waals surface area contributed by atoms with Crippen molar-refractivity contribution in [1.82, 2.24) is 0 Å². The number of ether oxygens (including phenoxy) is 3. The number of aliphatic hydroxyl groups excluding tert-OH is 2. The normalized spacial score (nSPS) is 14.9. The van der Waals surface area contributed by atoms with E-state index in [1.807, 2.05) is 0 Å². The molecule has 0 amide bonds. The minimum Gasteiger partial charge on any atom is -0.463 e. The Bertz CT molecular complexity index is 1980. The van der Waals surface area contributed by atoms with Gasteiger partial charge in [0, 0.05) is 19.3 Å². The number of carbonyl (C=O) groups excluding carboxylic acids is 3. The highest BCUT2D eigenvalue weighted by Crippen LogP contribution is 2.45. The van der Waals surface area contributed by atoms with Gasteiger partial charge in [0.1, 0.15) is 25.4 Å². The lowest BCUT2D eigenvalue weighted by Gasteiger charge is -2.21. The molecular weight excluding hydrogens is 1150 g/mol. The van der Waals surface area contributed by atoms with Crippen molar-refractivity contribution < 1.29 is 75.8 Å². The second-order valence-corrected chi connectivity index (χ2v) is 25.1. The molecule has 87 heavy (non-hydrogen) atoms. The van der Waals surface area contributed by atoms with Crippen molar-refractivity contribution in [2.24, 2.45) is 0 Å². The van der Waals surface area contributed by atoms with Crippen LogP contribution in [0, 0.1) is 0 Å². The van der Waals surface area contributed by atoms with Crippen LogP contribution in [0.4, 0.5) is 0 Å². The second-order valence-electron chi connectivity index (χ2n) is 22.2. The maximum Gasteiger partial charge on any atom is 0.472 e. The summed E-state index contributed by atoms with van der Waals surface area (Å²) in [6.45, 7) is 2.41. The number of rotatable bonds is 63. The van der Waals surface area contributed by atoms with E-state index in [9.17, 15) is 43.5 Å². The van der Waals surface area contributed by atoms with Crippen LogP contribution in [0.5, 0.6) is 0 Å². The molecule has 0 aromatic heterocycles. The van der Waals surface area contributed by atoms with Crippen LogP contribution in [-0.4, -0.2) is 95.9 Å². The third kappa shape index (κ3) is 63.8. The largest absolute Gasteiger partial charge is 0.472 e. The summed E-state index contributed by atoms with van der Waals surface area (Å²) in [5.74, 6) is -1.60. The van der Waals surface area contributed by atoms with E-state index in [4.69, 9.17) is 32.3 Å². The molecule has 0 aliphatic heterocycles. The predicted octanol–water partition coefficient (Wildman–Crippen LogP) is 18.3. The Labute approximate surface area is 527 Å². The van der Waals surface area contributed by atoms with Gasteiger partial charge in [0.25, 0.3) is 0 Å². The highest BCUT2D eigenvalue weighted by molar-refractivity contribution is 7.47. The molecule has 5 atom stereocenters. The van der Waals surface area contributed by atoms with Crippen molar-refractivity contribution in [3.63, 3.8) is 0 Å². The molecule has 0 fully saturated rings. The molecule has 0 aromatic rings. The molecule has 502 valence electrons. The summed E-state index contributed by atoms with van der Waals surface area (Å²) in [6.07, 6.45) is 67.4. The predicted molar refractivity (Wildman–Crippen MR) is 353 cm³/mol. The number of phosphoric acid groups is 2. The molecule has 0 heterocycles. The molecule has 0 saturated heterocycles. The SMILES string of the molecule is CC/C=C\C/C=C\C/C=C\C/C=C\C/C=C\CCCCCCCC(=O)OCC(O)COP(=O)(O)OCC(O)COP(=O)(O)OCC(COC(=O)CCCCCCCCC/C=C\C/C=C\C/C=C\CC)OC(=O)CCCCCCCCCCCCCCC. The van der Waals surface area contributed by atoms with Gasteiger partial charge in [0.15, 0.2) is 6.10 Å². The molecule has 5 unspecified atom stereocenters. The molecule has 16 nitrogen and oxygen atoms in total. The van der Waals surface area contributed by atoms with Gasteiger partial charge in [-0.05, 0) is 96.3 Å². The number of allylic oxidation sites excluding steroid dienone is 16. The topological polar surface area (TPSA) is 231 Å². The van der Waals surface area contributed by atoms with Gasteiger partial charge in [-0.2, -0.15) is 0 Å². The van der Waals surface area contributed by atoms with Gasteiger partial charge in [0.2, 0.25) is 0 Å². The Morgan fingerprint density at radius 1 is 0.333 bits per heavy atom. The second kappa shape index (κ2) is 62.7. The molecule has 0 aromatic carbocycles. The standard InChI is InChI=1S/C69H120O16P2/c1-4-7-10-13-16-19-22-25-27-29-30-31-32-34-36-38-40-43-46-49-52-55-67(72)79-58-64(70)59-81-86(75,76)82-60-65(71)61-83-87(77,78)84-63-66(85-69(74)57-54-51-48-45-42-37-24-21-18-15-12-9-6-3)62-80-68(73)56-53-50-47-44-41-39-35-33-28-26-23-20-17-14-11-8-5-2/h7-8,10-11,16-17,19-20,25-28,30-31,34,36,64-66,70-71H,4-6,9,12-15,18,21-24,29,32-33,35,37-63H2,1-3H3,(H,75,76)(H,77,78)/b10-7-,11-8-,19-16-,20-17-,27-25-,28-26-,31-30-,36-34-. The number of phosphoric ester groups is 2. The van der Waals surface area contributed by atoms with E-state index in [2.05, 4.69) is 118 Å². The number of aliphatic hydroxyl groups is 2. The molecule has 0 aliphatic rings. The molecule has 18 heteroatoms. The molecule has 0 bridgehead atoms. The van der Waals surface area contributed by atoms with Crippen molar-refractivity contribution in [1.29, 1.82) is 0 Å². The highest BCUT2D eigenvalue weighted by Gasteiger charge is 2.29. The van der Waals surface area contributed by atoms with E-state index < -0.39 is 91.5 Å². The van der Waals surface area contributed by atoms with Crippen LogP contribution in [0.3, 0.4) is 0 Å². The summed E-state index contributed by atoms with van der Waals surface area (Å²) in [4.78, 5) is 58.3. The number of hydrogen-bond donors (Lipinski definition) is 4. The first kappa shape index (κ1) is 83.5. The Balaban J connectivity index is 4.63. The van der Waals surface area contributed by atoms with Crippen LogP contribution in [0.2, 0.25) is 0 Å². The maximum atomic E-state index is 12.9. The van der Waals surface area contributed by atoms with Crippen molar-refractivity contribution >= 4 is 33.6 Å². The Morgan fingerprint density at radius 3 is 0.966 bits per heavy atom. The van der Waals surface area contributed by atoms with Crippen LogP contribution in [-0.2, 0) is 55.8 Å². The van der Waals surface area contributed by atoms with Crippen molar-refractivity contribution in [2.45, 2.75) is 283 Å². The summed E-state index contributed by atoms with van der Waals surface area (Å²) in [7, 11) is -9.78.